The molecule has 0 rings (SSSR count). The summed E-state index contributed by atoms with van der Waals surface area (Å²) in [6, 6.07) is 0. The average molecular weight is 241 g/mol. The molecule has 0 bridgehead atoms. The van der Waals surface area contributed by atoms with E-state index in [1.54, 1.807) is 8.86 Å². The van der Waals surface area contributed by atoms with Gasteiger partial charge in [0.1, 0.15) is 0 Å². The first-order valence-electron chi connectivity index (χ1n) is 3.95. The zero-order valence-corrected chi connectivity index (χ0v) is 8.78. The third kappa shape index (κ3) is 8.73. The van der Waals surface area contributed by atoms with Gasteiger partial charge in [-0.2, -0.15) is 0 Å². The van der Waals surface area contributed by atoms with Crippen LogP contribution >= 0.6 is 0 Å². The van der Waals surface area contributed by atoms with Crippen LogP contribution in [-0.4, -0.2) is 8.86 Å². The molecule has 0 unspecified atom stereocenters. The number of alkyl halides is 2. The number of halogens is 1. The SMILES string of the molecule is CCCC[I-]CCCC. The molecule has 0 heterocycles. The second-order valence-corrected chi connectivity index (χ2v) is 5.51. The Kier molecular flexibility index (Phi) is 9.44. The monoisotopic (exact) mass is 241 g/mol. The van der Waals surface area contributed by atoms with E-state index in [1.165, 1.54) is 25.7 Å². The first-order valence-corrected chi connectivity index (χ1v) is 7.00. The second kappa shape index (κ2) is 8.73. The topological polar surface area (TPSA) is 0 Å². The van der Waals surface area contributed by atoms with E-state index in [4.69, 9.17) is 0 Å². The van der Waals surface area contributed by atoms with Gasteiger partial charge in [-0.25, -0.2) is 0 Å². The molecule has 0 atom stereocenters. The fourth-order valence-electron chi connectivity index (χ4n) is 0.551. The minimum atomic E-state index is 0.612. The van der Waals surface area contributed by atoms with Crippen LogP contribution in [0.2, 0.25) is 0 Å². The molecule has 1 heteroatoms. The maximum atomic E-state index is 2.28. The van der Waals surface area contributed by atoms with Crippen LogP contribution in [0.15, 0.2) is 0 Å². The minimum absolute atomic E-state index is 0.612. The summed E-state index contributed by atoms with van der Waals surface area (Å²) in [5, 5.41) is 0. The summed E-state index contributed by atoms with van der Waals surface area (Å²) in [6.07, 6.45) is 5.76. The van der Waals surface area contributed by atoms with Gasteiger partial charge in [0.25, 0.3) is 0 Å². The van der Waals surface area contributed by atoms with Gasteiger partial charge < -0.3 is 0 Å². The van der Waals surface area contributed by atoms with Gasteiger partial charge in [-0.3, -0.25) is 0 Å². The Balaban J connectivity index is 2.60. The van der Waals surface area contributed by atoms with E-state index in [2.05, 4.69) is 13.8 Å². The molecule has 0 aliphatic carbocycles. The number of hydrogen-bond donors (Lipinski definition) is 0. The van der Waals surface area contributed by atoms with Crippen molar-refractivity contribution in [3.8, 4) is 0 Å². The summed E-state index contributed by atoms with van der Waals surface area (Å²) in [5.74, 6) is 0. The van der Waals surface area contributed by atoms with Crippen molar-refractivity contribution in [2.24, 2.45) is 0 Å². The van der Waals surface area contributed by atoms with Crippen molar-refractivity contribution in [2.45, 2.75) is 39.5 Å². The summed E-state index contributed by atoms with van der Waals surface area (Å²) >= 11 is 0.612. The van der Waals surface area contributed by atoms with E-state index in [1.807, 2.05) is 0 Å². The van der Waals surface area contributed by atoms with Crippen LogP contribution in [0.3, 0.4) is 0 Å². The Labute approximate surface area is 69.7 Å². The number of unbranched alkanes of at least 4 members (excludes halogenated alkanes) is 2. The van der Waals surface area contributed by atoms with Crippen molar-refractivity contribution in [3.63, 3.8) is 0 Å². The van der Waals surface area contributed by atoms with Crippen molar-refractivity contribution < 1.29 is 21.2 Å². The molecular weight excluding hydrogens is 223 g/mol. The van der Waals surface area contributed by atoms with Gasteiger partial charge in [0.15, 0.2) is 0 Å². The molecule has 0 saturated heterocycles. The Hall–Kier alpha value is 0.730. The van der Waals surface area contributed by atoms with E-state index in [0.717, 1.165) is 0 Å². The number of rotatable bonds is 6. The summed E-state index contributed by atoms with van der Waals surface area (Å²) < 4.78 is 3.13. The first-order chi connectivity index (χ1) is 4.41. The molecule has 0 aliphatic heterocycles. The summed E-state index contributed by atoms with van der Waals surface area (Å²) in [5.41, 5.74) is 0. The molecule has 0 N–H and O–H groups in total. The van der Waals surface area contributed by atoms with E-state index in [-0.39, 0.29) is 0 Å². The van der Waals surface area contributed by atoms with E-state index >= 15 is 0 Å². The molecule has 0 aromatic rings. The molecule has 0 radical (unpaired) electrons. The van der Waals surface area contributed by atoms with Gasteiger partial charge in [-0.05, 0) is 0 Å². The fourth-order valence-corrected chi connectivity index (χ4v) is 3.69. The predicted octanol–water partition coefficient (Wildman–Crippen LogP) is -0.324. The normalized spacial score (nSPS) is 10.4. The van der Waals surface area contributed by atoms with E-state index < -0.39 is 0 Å². The molecule has 0 amide bonds. The van der Waals surface area contributed by atoms with Crippen molar-refractivity contribution >= 4 is 0 Å². The van der Waals surface area contributed by atoms with E-state index in [9.17, 15) is 0 Å². The fraction of sp³-hybridized carbons (Fsp3) is 1.00. The summed E-state index contributed by atoms with van der Waals surface area (Å²) in [7, 11) is 0. The molecule has 9 heavy (non-hydrogen) atoms. The van der Waals surface area contributed by atoms with Crippen LogP contribution in [0.25, 0.3) is 0 Å². The van der Waals surface area contributed by atoms with Gasteiger partial charge >= 0.3 is 69.6 Å². The Bertz CT molecular complexity index is 37.8. The van der Waals surface area contributed by atoms with Crippen LogP contribution in [0, 0.1) is 0 Å². The zero-order chi connectivity index (χ0) is 6.95. The molecule has 0 spiro atoms. The van der Waals surface area contributed by atoms with Crippen molar-refractivity contribution in [2.75, 3.05) is 8.86 Å². The molecule has 0 aliphatic rings. The third-order valence-corrected chi connectivity index (χ3v) is 4.29. The van der Waals surface area contributed by atoms with Gasteiger partial charge in [-0.1, -0.05) is 0 Å². The average Bonchev–Trinajstić information content (AvgIpc) is 1.89. The van der Waals surface area contributed by atoms with Crippen LogP contribution < -0.4 is 21.2 Å². The van der Waals surface area contributed by atoms with Crippen molar-refractivity contribution in [1.82, 2.24) is 0 Å². The quantitative estimate of drug-likeness (QED) is 0.339. The zero-order valence-electron chi connectivity index (χ0n) is 6.62. The molecule has 0 fully saturated rings. The molecular formula is C8H18I-. The van der Waals surface area contributed by atoms with E-state index in [0.29, 0.717) is 21.2 Å². The van der Waals surface area contributed by atoms with Crippen LogP contribution in [0.4, 0.5) is 0 Å². The predicted molar refractivity (Wildman–Crippen MR) is 39.6 cm³/mol. The van der Waals surface area contributed by atoms with Gasteiger partial charge in [-0.15, -0.1) is 0 Å². The van der Waals surface area contributed by atoms with Crippen molar-refractivity contribution in [3.05, 3.63) is 0 Å². The van der Waals surface area contributed by atoms with Gasteiger partial charge in [0.2, 0.25) is 0 Å². The summed E-state index contributed by atoms with van der Waals surface area (Å²) in [4.78, 5) is 0. The van der Waals surface area contributed by atoms with Crippen molar-refractivity contribution in [1.29, 1.82) is 0 Å². The molecule has 0 aromatic carbocycles. The number of hydrogen-bond acceptors (Lipinski definition) is 0. The Morgan fingerprint density at radius 1 is 0.889 bits per heavy atom. The van der Waals surface area contributed by atoms with Crippen LogP contribution in [0.1, 0.15) is 39.5 Å². The maximum absolute atomic E-state index is 2.28. The van der Waals surface area contributed by atoms with Crippen LogP contribution in [-0.2, 0) is 0 Å². The molecule has 0 saturated carbocycles. The molecule has 58 valence electrons. The molecule has 0 aromatic heterocycles. The van der Waals surface area contributed by atoms with Gasteiger partial charge in [0.05, 0.1) is 0 Å². The third-order valence-electron chi connectivity index (χ3n) is 1.24. The van der Waals surface area contributed by atoms with Gasteiger partial charge in [0, 0.05) is 0 Å². The Morgan fingerprint density at radius 3 is 1.67 bits per heavy atom. The first kappa shape index (κ1) is 9.73. The Morgan fingerprint density at radius 2 is 1.33 bits per heavy atom. The summed E-state index contributed by atoms with van der Waals surface area (Å²) in [6.45, 7) is 4.56. The standard InChI is InChI=1S/C8H18I/c1-3-5-7-9-8-6-4-2/h3-8H2,1-2H3/q-1. The molecule has 0 nitrogen and oxygen atoms in total. The van der Waals surface area contributed by atoms with Crippen LogP contribution in [0.5, 0.6) is 0 Å². The second-order valence-electron chi connectivity index (χ2n) is 2.27.